The van der Waals surface area contributed by atoms with E-state index >= 15 is 4.39 Å². The standard InChI is InChI=1S/C30H30F2N6O3/c1-6-24(40)36-11-12-37(18(5)15-36)28-21-14-22(32)26(20-13-19(31)7-8-23(20)39)34-29(21)38(30(41)35-28)27-17(4)9-10-33-25(27)16(2)3/h6-10,13-14,16,18,39H,1,11-12,15H2,2-5H3/t18-/m0/s1. The van der Waals surface area contributed by atoms with Crippen molar-refractivity contribution in [1.29, 1.82) is 0 Å². The lowest BCUT2D eigenvalue weighted by Gasteiger charge is -2.40. The summed E-state index contributed by atoms with van der Waals surface area (Å²) < 4.78 is 31.3. The highest BCUT2D eigenvalue weighted by Crippen LogP contribution is 2.36. The number of pyridine rings is 2. The van der Waals surface area contributed by atoms with Gasteiger partial charge in [0.05, 0.1) is 16.8 Å². The Morgan fingerprint density at radius 3 is 2.61 bits per heavy atom. The number of hydrogen-bond donors (Lipinski definition) is 1. The molecule has 5 rings (SSSR count). The summed E-state index contributed by atoms with van der Waals surface area (Å²) in [6, 6.07) is 5.86. The molecule has 1 fully saturated rings. The van der Waals surface area contributed by atoms with Crippen LogP contribution in [0.25, 0.3) is 28.0 Å². The van der Waals surface area contributed by atoms with Crippen molar-refractivity contribution in [2.75, 3.05) is 24.5 Å². The van der Waals surface area contributed by atoms with Crippen molar-refractivity contribution in [2.45, 2.75) is 39.7 Å². The number of hydrogen-bond acceptors (Lipinski definition) is 7. The molecule has 1 amide bonds. The molecule has 0 unspecified atom stereocenters. The van der Waals surface area contributed by atoms with Crippen LogP contribution in [0.5, 0.6) is 5.75 Å². The number of phenols is 1. The molecular formula is C30H30F2N6O3. The van der Waals surface area contributed by atoms with E-state index in [1.807, 2.05) is 32.6 Å². The Morgan fingerprint density at radius 1 is 1.17 bits per heavy atom. The Bertz CT molecular complexity index is 1750. The van der Waals surface area contributed by atoms with Gasteiger partial charge >= 0.3 is 5.69 Å². The van der Waals surface area contributed by atoms with E-state index < -0.39 is 17.3 Å². The molecule has 9 nitrogen and oxygen atoms in total. The molecule has 11 heteroatoms. The van der Waals surface area contributed by atoms with Crippen LogP contribution >= 0.6 is 0 Å². The summed E-state index contributed by atoms with van der Waals surface area (Å²) in [5, 5.41) is 10.7. The van der Waals surface area contributed by atoms with Crippen molar-refractivity contribution >= 4 is 22.8 Å². The van der Waals surface area contributed by atoms with Crippen LogP contribution in [0.4, 0.5) is 14.6 Å². The average Bonchev–Trinajstić information content (AvgIpc) is 2.94. The number of carbonyl (C=O) groups is 1. The SMILES string of the molecule is C=CC(=O)N1CCN(c2nc(=O)n(-c3c(C)ccnc3C(C)C)c3nc(-c4cc(F)ccc4O)c(F)cc23)[C@@H](C)C1. The van der Waals surface area contributed by atoms with Crippen molar-refractivity contribution < 1.29 is 18.7 Å². The maximum atomic E-state index is 15.8. The predicted molar refractivity (Wildman–Crippen MR) is 152 cm³/mol. The van der Waals surface area contributed by atoms with Gasteiger partial charge in [-0.2, -0.15) is 4.98 Å². The van der Waals surface area contributed by atoms with Crippen molar-refractivity contribution in [3.8, 4) is 22.7 Å². The molecule has 3 aromatic heterocycles. The summed E-state index contributed by atoms with van der Waals surface area (Å²) in [5.74, 6) is -1.94. The number of benzene rings is 1. The molecule has 41 heavy (non-hydrogen) atoms. The second-order valence-corrected chi connectivity index (χ2v) is 10.5. The van der Waals surface area contributed by atoms with Gasteiger partial charge in [-0.15, -0.1) is 0 Å². The molecule has 0 radical (unpaired) electrons. The first-order valence-electron chi connectivity index (χ1n) is 13.3. The second-order valence-electron chi connectivity index (χ2n) is 10.5. The topological polar surface area (TPSA) is 104 Å². The van der Waals surface area contributed by atoms with Crippen molar-refractivity contribution in [1.82, 2.24) is 24.4 Å². The van der Waals surface area contributed by atoms with E-state index in [0.717, 1.165) is 23.8 Å². The van der Waals surface area contributed by atoms with Crippen LogP contribution in [0.2, 0.25) is 0 Å². The van der Waals surface area contributed by atoms with Gasteiger partial charge in [0.2, 0.25) is 5.91 Å². The molecule has 1 aliphatic heterocycles. The Balaban J connectivity index is 1.82. The summed E-state index contributed by atoms with van der Waals surface area (Å²) in [6.07, 6.45) is 2.90. The highest BCUT2D eigenvalue weighted by molar-refractivity contribution is 5.91. The van der Waals surface area contributed by atoms with E-state index in [0.29, 0.717) is 31.0 Å². The van der Waals surface area contributed by atoms with Crippen LogP contribution in [0.15, 0.2) is 54.0 Å². The molecule has 1 N–H and O–H groups in total. The van der Waals surface area contributed by atoms with Crippen LogP contribution < -0.4 is 10.6 Å². The molecular weight excluding hydrogens is 530 g/mol. The monoisotopic (exact) mass is 560 g/mol. The van der Waals surface area contributed by atoms with Gasteiger partial charge in [-0.05, 0) is 61.7 Å². The lowest BCUT2D eigenvalue weighted by atomic mass is 10.0. The summed E-state index contributed by atoms with van der Waals surface area (Å²) in [4.78, 5) is 43.1. The Kier molecular flexibility index (Phi) is 7.29. The van der Waals surface area contributed by atoms with Gasteiger partial charge in [0.25, 0.3) is 0 Å². The van der Waals surface area contributed by atoms with Gasteiger partial charge in [0.15, 0.2) is 11.5 Å². The van der Waals surface area contributed by atoms with Crippen molar-refractivity contribution in [2.24, 2.45) is 0 Å². The highest BCUT2D eigenvalue weighted by atomic mass is 19.1. The summed E-state index contributed by atoms with van der Waals surface area (Å²) in [5.41, 5.74) is 0.771. The largest absolute Gasteiger partial charge is 0.507 e. The highest BCUT2D eigenvalue weighted by Gasteiger charge is 2.30. The molecule has 0 spiro atoms. The maximum absolute atomic E-state index is 15.8. The minimum atomic E-state index is -0.827. The Hall–Kier alpha value is -4.67. The third-order valence-corrected chi connectivity index (χ3v) is 7.33. The van der Waals surface area contributed by atoms with E-state index in [1.54, 1.807) is 17.2 Å². The summed E-state index contributed by atoms with van der Waals surface area (Å²) in [7, 11) is 0. The van der Waals surface area contributed by atoms with Gasteiger partial charge in [0.1, 0.15) is 23.1 Å². The molecule has 4 aromatic rings. The summed E-state index contributed by atoms with van der Waals surface area (Å²) in [6.45, 7) is 12.2. The first kappa shape index (κ1) is 27.9. The van der Waals surface area contributed by atoms with Crippen LogP contribution in [0.3, 0.4) is 0 Å². The Labute approximate surface area is 235 Å². The number of aromatic nitrogens is 4. The maximum Gasteiger partial charge on any atom is 0.355 e. The molecule has 4 heterocycles. The third-order valence-electron chi connectivity index (χ3n) is 7.33. The zero-order valence-corrected chi connectivity index (χ0v) is 23.2. The number of piperazine rings is 1. The number of rotatable bonds is 5. The quantitative estimate of drug-likeness (QED) is 0.359. The van der Waals surface area contributed by atoms with Gasteiger partial charge < -0.3 is 14.9 Å². The predicted octanol–water partition coefficient (Wildman–Crippen LogP) is 4.48. The van der Waals surface area contributed by atoms with E-state index in [4.69, 9.17) is 0 Å². The number of anilines is 1. The number of aromatic hydroxyl groups is 1. The van der Waals surface area contributed by atoms with Crippen LogP contribution in [0.1, 0.15) is 37.9 Å². The number of amides is 1. The van der Waals surface area contributed by atoms with E-state index in [9.17, 15) is 19.1 Å². The number of carbonyl (C=O) groups excluding carboxylic acids is 1. The lowest BCUT2D eigenvalue weighted by molar-refractivity contribution is -0.126. The van der Waals surface area contributed by atoms with Crippen LogP contribution in [0, 0.1) is 18.6 Å². The fraction of sp³-hybridized carbons (Fsp3) is 0.300. The molecule has 1 aromatic carbocycles. The first-order valence-corrected chi connectivity index (χ1v) is 13.3. The minimum Gasteiger partial charge on any atom is -0.507 e. The lowest BCUT2D eigenvalue weighted by Crippen LogP contribution is -2.54. The fourth-order valence-corrected chi connectivity index (χ4v) is 5.30. The molecule has 1 aliphatic rings. The first-order chi connectivity index (χ1) is 19.5. The minimum absolute atomic E-state index is 0.0748. The van der Waals surface area contributed by atoms with E-state index in [2.05, 4.69) is 21.5 Å². The van der Waals surface area contributed by atoms with E-state index in [1.165, 1.54) is 16.7 Å². The fourth-order valence-electron chi connectivity index (χ4n) is 5.30. The molecule has 1 saturated heterocycles. The van der Waals surface area contributed by atoms with Gasteiger partial charge in [0, 0.05) is 37.4 Å². The van der Waals surface area contributed by atoms with Gasteiger partial charge in [-0.25, -0.2) is 23.1 Å². The number of aryl methyl sites for hydroxylation is 1. The third kappa shape index (κ3) is 4.92. The molecule has 0 bridgehead atoms. The number of fused-ring (bicyclic) bond motifs is 1. The smallest absolute Gasteiger partial charge is 0.355 e. The van der Waals surface area contributed by atoms with E-state index in [-0.39, 0.29) is 51.7 Å². The molecule has 1 atom stereocenters. The summed E-state index contributed by atoms with van der Waals surface area (Å²) >= 11 is 0. The zero-order chi connectivity index (χ0) is 29.6. The molecule has 212 valence electrons. The van der Waals surface area contributed by atoms with Crippen LogP contribution in [-0.4, -0.2) is 61.1 Å². The molecule has 0 saturated carbocycles. The van der Waals surface area contributed by atoms with Crippen molar-refractivity contribution in [3.05, 3.63) is 82.6 Å². The van der Waals surface area contributed by atoms with Gasteiger partial charge in [-0.3, -0.25) is 9.78 Å². The average molecular weight is 561 g/mol. The normalized spacial score (nSPS) is 15.5. The van der Waals surface area contributed by atoms with Crippen LogP contribution in [-0.2, 0) is 4.79 Å². The zero-order valence-electron chi connectivity index (χ0n) is 23.2. The Morgan fingerprint density at radius 2 is 1.93 bits per heavy atom. The number of halogens is 2. The number of phenolic OH excluding ortho intramolecular Hbond substituents is 1. The number of nitrogens with zero attached hydrogens (tertiary/aromatic N) is 6. The van der Waals surface area contributed by atoms with Gasteiger partial charge in [-0.1, -0.05) is 20.4 Å². The van der Waals surface area contributed by atoms with Crippen molar-refractivity contribution in [3.63, 3.8) is 0 Å². The molecule has 0 aliphatic carbocycles. The second kappa shape index (κ2) is 10.7.